The fourth-order valence-corrected chi connectivity index (χ4v) is 4.01. The van der Waals surface area contributed by atoms with Crippen LogP contribution in [0.4, 0.5) is 17.1 Å². The summed E-state index contributed by atoms with van der Waals surface area (Å²) < 4.78 is 16.3. The smallest absolute Gasteiger partial charge is 0.282 e. The average Bonchev–Trinajstić information content (AvgIpc) is 3.41. The molecule has 172 valence electrons. The molecule has 0 radical (unpaired) electrons. The highest BCUT2D eigenvalue weighted by Crippen LogP contribution is 2.39. The van der Waals surface area contributed by atoms with Gasteiger partial charge in [0.2, 0.25) is 6.79 Å². The molecule has 0 saturated carbocycles. The van der Waals surface area contributed by atoms with Crippen molar-refractivity contribution in [3.05, 3.63) is 78.0 Å². The van der Waals surface area contributed by atoms with E-state index in [-0.39, 0.29) is 18.1 Å². The highest BCUT2D eigenvalue weighted by atomic mass is 16.7. The Bertz CT molecular complexity index is 1330. The van der Waals surface area contributed by atoms with Crippen molar-refractivity contribution in [3.8, 4) is 17.2 Å². The minimum atomic E-state index is -0.459. The van der Waals surface area contributed by atoms with E-state index in [2.05, 4.69) is 5.32 Å². The van der Waals surface area contributed by atoms with Crippen LogP contribution in [0, 0.1) is 0 Å². The fraction of sp³-hybridized carbons (Fsp3) is 0.154. The van der Waals surface area contributed by atoms with Gasteiger partial charge in [0.1, 0.15) is 11.4 Å². The highest BCUT2D eigenvalue weighted by Gasteiger charge is 2.41. The number of fused-ring (bicyclic) bond motifs is 1. The van der Waals surface area contributed by atoms with E-state index in [0.29, 0.717) is 34.2 Å². The van der Waals surface area contributed by atoms with Crippen LogP contribution in [0.15, 0.2) is 72.4 Å². The number of anilines is 3. The summed E-state index contributed by atoms with van der Waals surface area (Å²) in [6.07, 6.45) is 0. The molecule has 34 heavy (non-hydrogen) atoms. The van der Waals surface area contributed by atoms with Crippen LogP contribution in [-0.4, -0.2) is 39.8 Å². The second kappa shape index (κ2) is 8.47. The van der Waals surface area contributed by atoms with Gasteiger partial charge in [-0.05, 0) is 36.4 Å². The lowest BCUT2D eigenvalue weighted by Gasteiger charge is -2.19. The number of imide groups is 1. The lowest BCUT2D eigenvalue weighted by molar-refractivity contribution is -0.120. The number of amides is 2. The average molecular weight is 457 g/mol. The molecule has 2 aliphatic rings. The Morgan fingerprint density at radius 2 is 1.71 bits per heavy atom. The van der Waals surface area contributed by atoms with Crippen molar-refractivity contribution in [1.29, 1.82) is 0 Å². The number of benzene rings is 3. The third kappa shape index (κ3) is 3.59. The SMILES string of the molecule is COc1ccccc1C1=C(Nc2ccc3c(c2)OCO3)C(=O)N(c2cccc(N(C)C)c2)C1=O. The van der Waals surface area contributed by atoms with Crippen LogP contribution < -0.4 is 29.3 Å². The number of carbonyl (C=O) groups is 2. The largest absolute Gasteiger partial charge is 0.496 e. The van der Waals surface area contributed by atoms with Crippen molar-refractivity contribution >= 4 is 34.4 Å². The molecule has 0 aliphatic carbocycles. The summed E-state index contributed by atoms with van der Waals surface area (Å²) in [6, 6.07) is 19.7. The Kier molecular flexibility index (Phi) is 5.33. The summed E-state index contributed by atoms with van der Waals surface area (Å²) in [5.41, 5.74) is 2.86. The predicted molar refractivity (Wildman–Crippen MR) is 129 cm³/mol. The van der Waals surface area contributed by atoms with Gasteiger partial charge in [0.25, 0.3) is 11.8 Å². The molecule has 0 aromatic heterocycles. The van der Waals surface area contributed by atoms with Gasteiger partial charge in [-0.2, -0.15) is 0 Å². The normalized spacial score (nSPS) is 14.6. The Hall–Kier alpha value is -4.46. The molecular formula is C26H23N3O5. The van der Waals surface area contributed by atoms with Crippen LogP contribution in [0.3, 0.4) is 0 Å². The quantitative estimate of drug-likeness (QED) is 0.563. The Labute approximate surface area is 196 Å². The first kappa shape index (κ1) is 21.4. The number of nitrogens with one attached hydrogen (secondary N) is 1. The number of carbonyl (C=O) groups excluding carboxylic acids is 2. The molecule has 2 heterocycles. The molecule has 0 bridgehead atoms. The molecule has 8 heteroatoms. The number of ether oxygens (including phenoxy) is 3. The molecule has 0 fully saturated rings. The van der Waals surface area contributed by atoms with Crippen LogP contribution in [0.5, 0.6) is 17.2 Å². The molecule has 5 rings (SSSR count). The van der Waals surface area contributed by atoms with E-state index in [1.807, 2.05) is 37.2 Å². The summed E-state index contributed by atoms with van der Waals surface area (Å²) in [7, 11) is 5.33. The minimum absolute atomic E-state index is 0.140. The molecular weight excluding hydrogens is 434 g/mol. The third-order valence-corrected chi connectivity index (χ3v) is 5.71. The van der Waals surface area contributed by atoms with E-state index in [1.165, 1.54) is 12.0 Å². The van der Waals surface area contributed by atoms with E-state index < -0.39 is 11.8 Å². The number of para-hydroxylation sites is 1. The van der Waals surface area contributed by atoms with Gasteiger partial charge in [0.15, 0.2) is 11.5 Å². The standard InChI is InChI=1S/C26H23N3O5/c1-28(2)17-7-6-8-18(14-17)29-25(30)23(19-9-4-5-10-20(19)32-3)24(26(29)31)27-16-11-12-21-22(13-16)34-15-33-21/h4-14,27H,15H2,1-3H3. The van der Waals surface area contributed by atoms with Crippen molar-refractivity contribution in [2.75, 3.05) is 43.1 Å². The van der Waals surface area contributed by atoms with Crippen molar-refractivity contribution in [2.24, 2.45) is 0 Å². The molecule has 3 aromatic rings. The van der Waals surface area contributed by atoms with E-state index in [0.717, 1.165) is 5.69 Å². The first-order chi connectivity index (χ1) is 16.5. The molecule has 2 aliphatic heterocycles. The van der Waals surface area contributed by atoms with Gasteiger partial charge in [-0.25, -0.2) is 4.90 Å². The van der Waals surface area contributed by atoms with Crippen molar-refractivity contribution in [2.45, 2.75) is 0 Å². The summed E-state index contributed by atoms with van der Waals surface area (Å²) in [6.45, 7) is 0.140. The van der Waals surface area contributed by atoms with Crippen LogP contribution in [-0.2, 0) is 9.59 Å². The maximum Gasteiger partial charge on any atom is 0.282 e. The zero-order chi connectivity index (χ0) is 23.8. The zero-order valence-electron chi connectivity index (χ0n) is 19.0. The second-order valence-electron chi connectivity index (χ2n) is 8.00. The number of hydrogen-bond acceptors (Lipinski definition) is 7. The summed E-state index contributed by atoms with van der Waals surface area (Å²) >= 11 is 0. The van der Waals surface area contributed by atoms with Crippen LogP contribution in [0.1, 0.15) is 5.56 Å². The second-order valence-corrected chi connectivity index (χ2v) is 8.00. The van der Waals surface area contributed by atoms with Gasteiger partial charge in [0, 0.05) is 37.1 Å². The molecule has 8 nitrogen and oxygen atoms in total. The van der Waals surface area contributed by atoms with Gasteiger partial charge in [0.05, 0.1) is 18.4 Å². The minimum Gasteiger partial charge on any atom is -0.496 e. The van der Waals surface area contributed by atoms with Crippen molar-refractivity contribution < 1.29 is 23.8 Å². The number of rotatable bonds is 6. The Morgan fingerprint density at radius 3 is 2.50 bits per heavy atom. The van der Waals surface area contributed by atoms with Crippen molar-refractivity contribution in [3.63, 3.8) is 0 Å². The van der Waals surface area contributed by atoms with Crippen LogP contribution in [0.25, 0.3) is 5.57 Å². The maximum atomic E-state index is 13.7. The monoisotopic (exact) mass is 457 g/mol. The summed E-state index contributed by atoms with van der Waals surface area (Å²) in [5, 5.41) is 3.15. The first-order valence-electron chi connectivity index (χ1n) is 10.7. The van der Waals surface area contributed by atoms with E-state index in [1.54, 1.807) is 48.5 Å². The zero-order valence-corrected chi connectivity index (χ0v) is 19.0. The lowest BCUT2D eigenvalue weighted by atomic mass is 10.0. The number of methoxy groups -OCH3 is 1. The van der Waals surface area contributed by atoms with E-state index in [9.17, 15) is 9.59 Å². The molecule has 0 saturated heterocycles. The molecule has 0 unspecified atom stereocenters. The molecule has 2 amide bonds. The van der Waals surface area contributed by atoms with Crippen molar-refractivity contribution in [1.82, 2.24) is 0 Å². The number of nitrogens with zero attached hydrogens (tertiary/aromatic N) is 2. The van der Waals surface area contributed by atoms with Gasteiger partial charge in [-0.15, -0.1) is 0 Å². The molecule has 0 spiro atoms. The van der Waals surface area contributed by atoms with E-state index in [4.69, 9.17) is 14.2 Å². The van der Waals surface area contributed by atoms with Gasteiger partial charge >= 0.3 is 0 Å². The van der Waals surface area contributed by atoms with Crippen LogP contribution in [0.2, 0.25) is 0 Å². The van der Waals surface area contributed by atoms with Gasteiger partial charge in [-0.3, -0.25) is 9.59 Å². The molecule has 1 N–H and O–H groups in total. The highest BCUT2D eigenvalue weighted by molar-refractivity contribution is 6.46. The fourth-order valence-electron chi connectivity index (χ4n) is 4.01. The van der Waals surface area contributed by atoms with E-state index >= 15 is 0 Å². The maximum absolute atomic E-state index is 13.7. The van der Waals surface area contributed by atoms with Crippen LogP contribution >= 0.6 is 0 Å². The summed E-state index contributed by atoms with van der Waals surface area (Å²) in [5.74, 6) is 0.790. The lowest BCUT2D eigenvalue weighted by Crippen LogP contribution is -2.32. The molecule has 3 aromatic carbocycles. The van der Waals surface area contributed by atoms with Gasteiger partial charge in [-0.1, -0.05) is 24.3 Å². The Morgan fingerprint density at radius 1 is 0.912 bits per heavy atom. The Balaban J connectivity index is 1.62. The first-order valence-corrected chi connectivity index (χ1v) is 10.7. The number of hydrogen-bond donors (Lipinski definition) is 1. The predicted octanol–water partition coefficient (Wildman–Crippen LogP) is 3.89. The summed E-state index contributed by atoms with van der Waals surface area (Å²) in [4.78, 5) is 30.5. The third-order valence-electron chi connectivity index (χ3n) is 5.71. The van der Waals surface area contributed by atoms with Gasteiger partial charge < -0.3 is 24.4 Å². The topological polar surface area (TPSA) is 80.3 Å². The molecule has 0 atom stereocenters.